The van der Waals surface area contributed by atoms with E-state index in [0.717, 1.165) is 35.7 Å². The number of hydrogen-bond acceptors (Lipinski definition) is 3. The number of halogens is 1. The van der Waals surface area contributed by atoms with Crippen LogP contribution in [0.4, 0.5) is 10.1 Å². The number of nitrogens with zero attached hydrogens (tertiary/aromatic N) is 2. The Morgan fingerprint density at radius 3 is 2.20 bits per heavy atom. The molecule has 0 bridgehead atoms. The normalized spacial score (nSPS) is 14.5. The van der Waals surface area contributed by atoms with Crippen molar-refractivity contribution in [2.24, 2.45) is 0 Å². The summed E-state index contributed by atoms with van der Waals surface area (Å²) in [5, 5.41) is 0. The minimum atomic E-state index is -0.235. The van der Waals surface area contributed by atoms with Gasteiger partial charge in [-0.05, 0) is 61.4 Å². The lowest BCUT2D eigenvalue weighted by Gasteiger charge is -2.36. The average Bonchev–Trinajstić information content (AvgIpc) is 2.60. The van der Waals surface area contributed by atoms with Crippen molar-refractivity contribution in [3.8, 4) is 5.75 Å². The molecule has 1 fully saturated rings. The van der Waals surface area contributed by atoms with Crippen LogP contribution in [0.1, 0.15) is 11.1 Å². The summed E-state index contributed by atoms with van der Waals surface area (Å²) in [4.78, 5) is 16.3. The zero-order valence-corrected chi connectivity index (χ0v) is 14.7. The third-order valence-electron chi connectivity index (χ3n) is 4.38. The topological polar surface area (TPSA) is 32.8 Å². The summed E-state index contributed by atoms with van der Waals surface area (Å²) in [5.74, 6) is 0.495. The van der Waals surface area contributed by atoms with Crippen LogP contribution in [0, 0.1) is 19.7 Å². The van der Waals surface area contributed by atoms with E-state index in [-0.39, 0.29) is 18.3 Å². The summed E-state index contributed by atoms with van der Waals surface area (Å²) in [6.07, 6.45) is 0. The van der Waals surface area contributed by atoms with Crippen molar-refractivity contribution in [2.75, 3.05) is 37.7 Å². The van der Waals surface area contributed by atoms with Crippen molar-refractivity contribution < 1.29 is 13.9 Å². The first-order chi connectivity index (χ1) is 12.0. The molecule has 25 heavy (non-hydrogen) atoms. The van der Waals surface area contributed by atoms with Gasteiger partial charge in [0, 0.05) is 31.9 Å². The number of ether oxygens (including phenoxy) is 1. The summed E-state index contributed by atoms with van der Waals surface area (Å²) in [7, 11) is 0. The van der Waals surface area contributed by atoms with E-state index in [2.05, 4.69) is 11.0 Å². The molecule has 0 N–H and O–H groups in total. The molecule has 0 saturated carbocycles. The largest absolute Gasteiger partial charge is 0.484 e. The maximum Gasteiger partial charge on any atom is 0.260 e. The monoisotopic (exact) mass is 342 g/mol. The molecule has 3 rings (SSSR count). The molecule has 0 aromatic heterocycles. The fourth-order valence-electron chi connectivity index (χ4n) is 3.12. The number of rotatable bonds is 4. The first kappa shape index (κ1) is 17.3. The zero-order chi connectivity index (χ0) is 17.8. The van der Waals surface area contributed by atoms with Crippen molar-refractivity contribution in [3.63, 3.8) is 0 Å². The number of hydrogen-bond donors (Lipinski definition) is 0. The Labute approximate surface area is 147 Å². The molecule has 5 heteroatoms. The molecule has 132 valence electrons. The van der Waals surface area contributed by atoms with Crippen LogP contribution >= 0.6 is 0 Å². The van der Waals surface area contributed by atoms with Gasteiger partial charge in [-0.1, -0.05) is 6.07 Å². The van der Waals surface area contributed by atoms with E-state index in [1.165, 1.54) is 12.1 Å². The fourth-order valence-corrected chi connectivity index (χ4v) is 3.12. The number of amides is 1. The van der Waals surface area contributed by atoms with Gasteiger partial charge in [-0.2, -0.15) is 0 Å². The van der Waals surface area contributed by atoms with Gasteiger partial charge in [0.15, 0.2) is 6.61 Å². The minimum Gasteiger partial charge on any atom is -0.484 e. The summed E-state index contributed by atoms with van der Waals surface area (Å²) in [5.41, 5.74) is 3.23. The molecule has 2 aromatic rings. The Bertz CT molecular complexity index is 718. The minimum absolute atomic E-state index is 0.00193. The highest BCUT2D eigenvalue weighted by atomic mass is 19.1. The van der Waals surface area contributed by atoms with Crippen LogP contribution in [0.2, 0.25) is 0 Å². The van der Waals surface area contributed by atoms with Crippen LogP contribution < -0.4 is 9.64 Å². The molecule has 1 amide bonds. The second kappa shape index (κ2) is 7.55. The number of benzene rings is 2. The third kappa shape index (κ3) is 4.50. The Morgan fingerprint density at radius 2 is 1.60 bits per heavy atom. The van der Waals surface area contributed by atoms with E-state index in [4.69, 9.17) is 4.74 Å². The molecule has 1 aliphatic rings. The lowest BCUT2D eigenvalue weighted by molar-refractivity contribution is -0.133. The SMILES string of the molecule is Cc1cc(C)cc(OCC(=O)N2CCN(c3ccc(F)cc3)CC2)c1. The third-order valence-corrected chi connectivity index (χ3v) is 4.38. The van der Waals surface area contributed by atoms with Crippen LogP contribution in [0.3, 0.4) is 0 Å². The number of carbonyl (C=O) groups is 1. The van der Waals surface area contributed by atoms with Crippen LogP contribution in [0.15, 0.2) is 42.5 Å². The Morgan fingerprint density at radius 1 is 1.00 bits per heavy atom. The highest BCUT2D eigenvalue weighted by Crippen LogP contribution is 2.18. The van der Waals surface area contributed by atoms with Crippen molar-refractivity contribution in [2.45, 2.75) is 13.8 Å². The quantitative estimate of drug-likeness (QED) is 0.856. The van der Waals surface area contributed by atoms with Gasteiger partial charge >= 0.3 is 0 Å². The fraction of sp³-hybridized carbons (Fsp3) is 0.350. The zero-order valence-electron chi connectivity index (χ0n) is 14.7. The Balaban J connectivity index is 1.50. The maximum absolute atomic E-state index is 13.0. The van der Waals surface area contributed by atoms with Gasteiger partial charge in [-0.15, -0.1) is 0 Å². The smallest absolute Gasteiger partial charge is 0.260 e. The van der Waals surface area contributed by atoms with Crippen LogP contribution in [-0.2, 0) is 4.79 Å². The van der Waals surface area contributed by atoms with Gasteiger partial charge in [0.2, 0.25) is 0 Å². The summed E-state index contributed by atoms with van der Waals surface area (Å²) in [6.45, 7) is 6.84. The van der Waals surface area contributed by atoms with E-state index in [1.54, 1.807) is 12.1 Å². The van der Waals surface area contributed by atoms with Gasteiger partial charge < -0.3 is 14.5 Å². The second-order valence-corrected chi connectivity index (χ2v) is 6.46. The van der Waals surface area contributed by atoms with Crippen LogP contribution in [-0.4, -0.2) is 43.6 Å². The average molecular weight is 342 g/mol. The molecule has 0 aliphatic carbocycles. The van der Waals surface area contributed by atoms with E-state index in [1.807, 2.05) is 30.9 Å². The second-order valence-electron chi connectivity index (χ2n) is 6.46. The predicted molar refractivity (Wildman–Crippen MR) is 96.6 cm³/mol. The maximum atomic E-state index is 13.0. The summed E-state index contributed by atoms with van der Waals surface area (Å²) in [6, 6.07) is 12.4. The van der Waals surface area contributed by atoms with Gasteiger partial charge in [0.05, 0.1) is 0 Å². The first-order valence-corrected chi connectivity index (χ1v) is 8.51. The molecule has 4 nitrogen and oxygen atoms in total. The molecule has 2 aromatic carbocycles. The lowest BCUT2D eigenvalue weighted by atomic mass is 10.1. The molecule has 1 heterocycles. The van der Waals surface area contributed by atoms with Gasteiger partial charge in [-0.25, -0.2) is 4.39 Å². The molecule has 0 unspecified atom stereocenters. The van der Waals surface area contributed by atoms with Crippen molar-refractivity contribution in [1.82, 2.24) is 4.90 Å². The van der Waals surface area contributed by atoms with Crippen molar-refractivity contribution >= 4 is 11.6 Å². The van der Waals surface area contributed by atoms with Crippen LogP contribution in [0.25, 0.3) is 0 Å². The van der Waals surface area contributed by atoms with E-state index < -0.39 is 0 Å². The molecular formula is C20H23FN2O2. The molecular weight excluding hydrogens is 319 g/mol. The summed E-state index contributed by atoms with van der Waals surface area (Å²) >= 11 is 0. The van der Waals surface area contributed by atoms with Crippen LogP contribution in [0.5, 0.6) is 5.75 Å². The number of piperazine rings is 1. The molecule has 0 spiro atoms. The Hall–Kier alpha value is -2.56. The van der Waals surface area contributed by atoms with E-state index in [9.17, 15) is 9.18 Å². The van der Waals surface area contributed by atoms with Gasteiger partial charge in [-0.3, -0.25) is 4.79 Å². The molecule has 0 radical (unpaired) electrons. The standard InChI is InChI=1S/C20H23FN2O2/c1-15-11-16(2)13-19(12-15)25-14-20(24)23-9-7-22(8-10-23)18-5-3-17(21)4-6-18/h3-6,11-13H,7-10,14H2,1-2H3. The highest BCUT2D eigenvalue weighted by Gasteiger charge is 2.21. The molecule has 1 saturated heterocycles. The number of aryl methyl sites for hydroxylation is 2. The van der Waals surface area contributed by atoms with E-state index >= 15 is 0 Å². The van der Waals surface area contributed by atoms with Gasteiger partial charge in [0.1, 0.15) is 11.6 Å². The summed E-state index contributed by atoms with van der Waals surface area (Å²) < 4.78 is 18.7. The van der Waals surface area contributed by atoms with Gasteiger partial charge in [0.25, 0.3) is 5.91 Å². The number of anilines is 1. The molecule has 1 aliphatic heterocycles. The highest BCUT2D eigenvalue weighted by molar-refractivity contribution is 5.78. The Kier molecular flexibility index (Phi) is 5.22. The van der Waals surface area contributed by atoms with Crippen molar-refractivity contribution in [3.05, 3.63) is 59.4 Å². The predicted octanol–water partition coefficient (Wildman–Crippen LogP) is 3.17. The first-order valence-electron chi connectivity index (χ1n) is 8.51. The van der Waals surface area contributed by atoms with E-state index in [0.29, 0.717) is 13.1 Å². The number of carbonyl (C=O) groups excluding carboxylic acids is 1. The lowest BCUT2D eigenvalue weighted by Crippen LogP contribution is -2.50. The van der Waals surface area contributed by atoms with Crippen molar-refractivity contribution in [1.29, 1.82) is 0 Å². The molecule has 0 atom stereocenters.